The number of benzene rings is 1. The van der Waals surface area contributed by atoms with Crippen molar-refractivity contribution in [3.63, 3.8) is 0 Å². The van der Waals surface area contributed by atoms with Gasteiger partial charge in [-0.05, 0) is 24.1 Å². The largest absolute Gasteiger partial charge is 0.573 e. The van der Waals surface area contributed by atoms with E-state index >= 15 is 0 Å². The maximum absolute atomic E-state index is 11.9. The van der Waals surface area contributed by atoms with Crippen molar-refractivity contribution in [3.8, 4) is 5.75 Å². The monoisotopic (exact) mass is 235 g/mol. The number of alkyl halides is 3. The van der Waals surface area contributed by atoms with Crippen LogP contribution in [0.25, 0.3) is 0 Å². The molecule has 0 aromatic heterocycles. The average Bonchev–Trinajstić information content (AvgIpc) is 2.13. The van der Waals surface area contributed by atoms with Crippen LogP contribution in [0.1, 0.15) is 13.4 Å². The van der Waals surface area contributed by atoms with E-state index in [-0.39, 0.29) is 18.9 Å². The summed E-state index contributed by atoms with van der Waals surface area (Å²) < 4.78 is 46.6. The third-order valence-electron chi connectivity index (χ3n) is 1.69. The molecule has 0 bridgehead atoms. The number of carboxylic acid groups (broad SMARTS) is 1. The molecule has 0 atom stereocenters. The first kappa shape index (κ1) is 10.8. The van der Waals surface area contributed by atoms with Gasteiger partial charge >= 0.3 is 12.3 Å². The topological polar surface area (TPSA) is 46.5 Å². The predicted molar refractivity (Wildman–Crippen MR) is 49.1 cm³/mol. The number of ether oxygens (including phenoxy) is 1. The zero-order chi connectivity index (χ0) is 13.1. The minimum Gasteiger partial charge on any atom is -0.481 e. The number of hydrogen-bond acceptors (Lipinski definition) is 2. The lowest BCUT2D eigenvalue weighted by Crippen LogP contribution is -2.17. The lowest BCUT2D eigenvalue weighted by Gasteiger charge is -2.08. The molecular weight excluding hydrogens is 225 g/mol. The van der Waals surface area contributed by atoms with E-state index in [9.17, 15) is 18.0 Å². The molecular formula is C10H9F3O3. The molecule has 0 unspecified atom stereocenters. The van der Waals surface area contributed by atoms with E-state index < -0.39 is 18.1 Å². The molecule has 0 heterocycles. The number of hydrogen-bond donors (Lipinski definition) is 1. The van der Waals surface area contributed by atoms with Gasteiger partial charge in [0.1, 0.15) is 5.75 Å². The zero-order valence-electron chi connectivity index (χ0n) is 9.04. The van der Waals surface area contributed by atoms with Crippen LogP contribution in [0, 0.1) is 0 Å². The number of aryl methyl sites for hydroxylation is 1. The standard InChI is InChI=1S/C10H9F3O3/c11-10(12,13)16-8-4-1-7(2-5-8)3-6-9(14)15/h1-2,4-5H,3,6H2,(H,14,15)/i1D. The number of aliphatic carboxylic acids is 1. The van der Waals surface area contributed by atoms with Crippen molar-refractivity contribution in [2.45, 2.75) is 19.2 Å². The molecule has 1 rings (SSSR count). The van der Waals surface area contributed by atoms with Crippen molar-refractivity contribution in [1.29, 1.82) is 0 Å². The van der Waals surface area contributed by atoms with Crippen molar-refractivity contribution in [3.05, 3.63) is 29.8 Å². The Balaban J connectivity index is 2.76. The molecule has 88 valence electrons. The Morgan fingerprint density at radius 2 is 2.12 bits per heavy atom. The van der Waals surface area contributed by atoms with Gasteiger partial charge in [0.2, 0.25) is 0 Å². The maximum atomic E-state index is 11.9. The Morgan fingerprint density at radius 3 is 2.62 bits per heavy atom. The lowest BCUT2D eigenvalue weighted by atomic mass is 10.1. The third-order valence-corrected chi connectivity index (χ3v) is 1.69. The Labute approximate surface area is 90.9 Å². The number of carbonyl (C=O) groups is 1. The fourth-order valence-electron chi connectivity index (χ4n) is 1.04. The van der Waals surface area contributed by atoms with Crippen LogP contribution in [0.4, 0.5) is 13.2 Å². The molecule has 0 saturated heterocycles. The van der Waals surface area contributed by atoms with Crippen LogP contribution in [0.15, 0.2) is 24.2 Å². The molecule has 0 amide bonds. The van der Waals surface area contributed by atoms with Gasteiger partial charge in [-0.25, -0.2) is 0 Å². The van der Waals surface area contributed by atoms with Crippen LogP contribution in [-0.4, -0.2) is 17.4 Å². The molecule has 0 aliphatic carbocycles. The van der Waals surface area contributed by atoms with E-state index in [4.69, 9.17) is 6.48 Å². The smallest absolute Gasteiger partial charge is 0.481 e. The second-order valence-corrected chi connectivity index (χ2v) is 2.99. The van der Waals surface area contributed by atoms with Gasteiger partial charge in [-0.2, -0.15) is 0 Å². The first-order valence-corrected chi connectivity index (χ1v) is 4.35. The number of rotatable bonds is 4. The maximum Gasteiger partial charge on any atom is 0.573 e. The Bertz CT molecular complexity index is 418. The Kier molecular flexibility index (Phi) is 3.28. The van der Waals surface area contributed by atoms with Gasteiger partial charge in [-0.3, -0.25) is 4.79 Å². The summed E-state index contributed by atoms with van der Waals surface area (Å²) in [6.07, 6.45) is -4.87. The minimum absolute atomic E-state index is 0.0977. The minimum atomic E-state index is -4.80. The molecule has 0 aliphatic heterocycles. The molecule has 0 saturated carbocycles. The summed E-state index contributed by atoms with van der Waals surface area (Å²) in [5.74, 6) is -1.51. The molecule has 0 aliphatic rings. The van der Waals surface area contributed by atoms with Crippen LogP contribution in [0.3, 0.4) is 0 Å². The highest BCUT2D eigenvalue weighted by Gasteiger charge is 2.30. The van der Waals surface area contributed by atoms with Crippen LogP contribution < -0.4 is 4.74 Å². The molecule has 1 aromatic carbocycles. The summed E-state index contributed by atoms with van der Waals surface area (Å²) in [4.78, 5) is 10.3. The average molecular weight is 235 g/mol. The normalized spacial score (nSPS) is 12.1. The predicted octanol–water partition coefficient (Wildman–Crippen LogP) is 2.60. The molecule has 0 fully saturated rings. The van der Waals surface area contributed by atoms with E-state index in [1.54, 1.807) is 0 Å². The van der Waals surface area contributed by atoms with Gasteiger partial charge in [-0.15, -0.1) is 13.2 Å². The summed E-state index contributed by atoms with van der Waals surface area (Å²) >= 11 is 0. The summed E-state index contributed by atoms with van der Waals surface area (Å²) in [6, 6.07) is 3.05. The SMILES string of the molecule is [2H]c1cc(OC(F)(F)F)ccc1CCC(=O)O. The number of carboxylic acids is 1. The zero-order valence-corrected chi connectivity index (χ0v) is 8.04. The highest BCUT2D eigenvalue weighted by molar-refractivity contribution is 5.67. The van der Waals surface area contributed by atoms with Crippen molar-refractivity contribution in [1.82, 2.24) is 0 Å². The Hall–Kier alpha value is -1.72. The van der Waals surface area contributed by atoms with E-state index in [1.807, 2.05) is 0 Å². The van der Waals surface area contributed by atoms with Crippen molar-refractivity contribution in [2.24, 2.45) is 0 Å². The Morgan fingerprint density at radius 1 is 1.44 bits per heavy atom. The summed E-state index contributed by atoms with van der Waals surface area (Å²) in [5, 5.41) is 8.44. The fourth-order valence-corrected chi connectivity index (χ4v) is 1.04. The van der Waals surface area contributed by atoms with Crippen LogP contribution in [0.5, 0.6) is 5.75 Å². The van der Waals surface area contributed by atoms with Crippen molar-refractivity contribution >= 4 is 5.97 Å². The van der Waals surface area contributed by atoms with Gasteiger partial charge in [0.25, 0.3) is 0 Å². The quantitative estimate of drug-likeness (QED) is 0.872. The van der Waals surface area contributed by atoms with Crippen LogP contribution in [0.2, 0.25) is 0 Å². The van der Waals surface area contributed by atoms with E-state index in [1.165, 1.54) is 6.07 Å². The second kappa shape index (κ2) is 4.87. The van der Waals surface area contributed by atoms with Gasteiger partial charge in [0.05, 0.1) is 1.37 Å². The van der Waals surface area contributed by atoms with Gasteiger partial charge < -0.3 is 9.84 Å². The third kappa shape index (κ3) is 4.68. The highest BCUT2D eigenvalue weighted by Crippen LogP contribution is 2.22. The summed E-state index contributed by atoms with van der Waals surface area (Å²) in [5.41, 5.74) is 0.363. The fraction of sp³-hybridized carbons (Fsp3) is 0.300. The van der Waals surface area contributed by atoms with E-state index in [2.05, 4.69) is 4.74 Å². The van der Waals surface area contributed by atoms with Crippen molar-refractivity contribution < 1.29 is 29.2 Å². The van der Waals surface area contributed by atoms with E-state index in [0.717, 1.165) is 12.1 Å². The molecule has 0 spiro atoms. The lowest BCUT2D eigenvalue weighted by molar-refractivity contribution is -0.274. The molecule has 6 heteroatoms. The first-order chi connectivity index (χ1) is 7.78. The highest BCUT2D eigenvalue weighted by atomic mass is 19.4. The van der Waals surface area contributed by atoms with Gasteiger partial charge in [0, 0.05) is 6.42 Å². The molecule has 16 heavy (non-hydrogen) atoms. The second-order valence-electron chi connectivity index (χ2n) is 2.99. The van der Waals surface area contributed by atoms with E-state index in [0.29, 0.717) is 5.56 Å². The molecule has 1 aromatic rings. The van der Waals surface area contributed by atoms with Crippen molar-refractivity contribution in [2.75, 3.05) is 0 Å². The molecule has 1 N–H and O–H groups in total. The van der Waals surface area contributed by atoms with Gasteiger partial charge in [-0.1, -0.05) is 12.1 Å². The summed E-state index contributed by atoms with van der Waals surface area (Å²) in [7, 11) is 0. The summed E-state index contributed by atoms with van der Waals surface area (Å²) in [6.45, 7) is 0. The molecule has 3 nitrogen and oxygen atoms in total. The van der Waals surface area contributed by atoms with Crippen LogP contribution in [-0.2, 0) is 11.2 Å². The first-order valence-electron chi connectivity index (χ1n) is 4.85. The molecule has 0 radical (unpaired) electrons. The number of halogens is 3. The van der Waals surface area contributed by atoms with Crippen LogP contribution >= 0.6 is 0 Å². The van der Waals surface area contributed by atoms with Gasteiger partial charge in [0.15, 0.2) is 0 Å².